The van der Waals surface area contributed by atoms with Gasteiger partial charge in [-0.1, -0.05) is 25.9 Å². The summed E-state index contributed by atoms with van der Waals surface area (Å²) < 4.78 is 5.18. The number of carbonyl (C=O) groups excluding carboxylic acids is 1. The molecule has 23 heavy (non-hydrogen) atoms. The third-order valence-corrected chi connectivity index (χ3v) is 4.56. The number of amides is 2. The lowest BCUT2D eigenvalue weighted by Gasteiger charge is -2.04. The Kier molecular flexibility index (Phi) is 6.15. The molecule has 2 heterocycles. The summed E-state index contributed by atoms with van der Waals surface area (Å²) in [5.41, 5.74) is 2.05. The van der Waals surface area contributed by atoms with Gasteiger partial charge in [-0.15, -0.1) is 11.3 Å². The first kappa shape index (κ1) is 17.5. The summed E-state index contributed by atoms with van der Waals surface area (Å²) in [6, 6.07) is 1.66. The second kappa shape index (κ2) is 8.10. The van der Waals surface area contributed by atoms with E-state index < -0.39 is 0 Å². The van der Waals surface area contributed by atoms with Gasteiger partial charge in [0.1, 0.15) is 0 Å². The molecule has 0 saturated carbocycles. The Labute approximate surface area is 140 Å². The molecule has 2 rings (SSSR count). The van der Waals surface area contributed by atoms with Crippen molar-refractivity contribution in [2.24, 2.45) is 0 Å². The van der Waals surface area contributed by atoms with Crippen LogP contribution in [0.1, 0.15) is 53.7 Å². The number of thiazole rings is 1. The van der Waals surface area contributed by atoms with Crippen LogP contribution in [0.4, 0.5) is 4.79 Å². The zero-order chi connectivity index (χ0) is 16.8. The van der Waals surface area contributed by atoms with Gasteiger partial charge in [-0.05, 0) is 19.3 Å². The Morgan fingerprint density at radius 3 is 2.78 bits per heavy atom. The van der Waals surface area contributed by atoms with Crippen molar-refractivity contribution in [3.8, 4) is 0 Å². The first-order valence-corrected chi connectivity index (χ1v) is 8.73. The van der Waals surface area contributed by atoms with Crippen molar-refractivity contribution in [2.75, 3.05) is 6.54 Å². The van der Waals surface area contributed by atoms with Crippen LogP contribution in [0.25, 0.3) is 0 Å². The van der Waals surface area contributed by atoms with Gasteiger partial charge in [-0.25, -0.2) is 9.78 Å². The summed E-state index contributed by atoms with van der Waals surface area (Å²) in [4.78, 5) is 17.6. The molecule has 0 spiro atoms. The maximum Gasteiger partial charge on any atom is 0.315 e. The standard InChI is InChI=1S/C16H24N4O2S/c1-5-13-11(4)23-15(19-13)6-7-17-16(21)18-9-12-8-14(10(2)3)20-22-12/h8,10H,5-7,9H2,1-4H3,(H2,17,18,21). The van der Waals surface area contributed by atoms with Crippen LogP contribution < -0.4 is 10.6 Å². The minimum atomic E-state index is -0.212. The van der Waals surface area contributed by atoms with Crippen molar-refractivity contribution in [1.82, 2.24) is 20.8 Å². The number of rotatable bonds is 7. The van der Waals surface area contributed by atoms with E-state index in [1.807, 2.05) is 19.9 Å². The molecule has 2 aromatic rings. The van der Waals surface area contributed by atoms with Crippen LogP contribution in [0.15, 0.2) is 10.6 Å². The van der Waals surface area contributed by atoms with E-state index in [9.17, 15) is 4.79 Å². The molecule has 0 atom stereocenters. The molecule has 0 unspecified atom stereocenters. The second-order valence-electron chi connectivity index (χ2n) is 5.70. The fourth-order valence-electron chi connectivity index (χ4n) is 2.12. The van der Waals surface area contributed by atoms with Gasteiger partial charge < -0.3 is 15.2 Å². The molecule has 0 bridgehead atoms. The predicted molar refractivity (Wildman–Crippen MR) is 90.8 cm³/mol. The van der Waals surface area contributed by atoms with E-state index >= 15 is 0 Å². The maximum atomic E-state index is 11.8. The maximum absolute atomic E-state index is 11.8. The summed E-state index contributed by atoms with van der Waals surface area (Å²) in [6.45, 7) is 9.18. The van der Waals surface area contributed by atoms with Crippen LogP contribution in [-0.4, -0.2) is 22.7 Å². The molecule has 0 aliphatic carbocycles. The lowest BCUT2D eigenvalue weighted by atomic mass is 10.1. The zero-order valence-electron chi connectivity index (χ0n) is 14.1. The Morgan fingerprint density at radius 1 is 1.39 bits per heavy atom. The lowest BCUT2D eigenvalue weighted by Crippen LogP contribution is -2.36. The van der Waals surface area contributed by atoms with E-state index in [1.54, 1.807) is 11.3 Å². The smallest absolute Gasteiger partial charge is 0.315 e. The minimum Gasteiger partial charge on any atom is -0.359 e. The highest BCUT2D eigenvalue weighted by Gasteiger charge is 2.09. The van der Waals surface area contributed by atoms with Crippen molar-refractivity contribution in [3.63, 3.8) is 0 Å². The third kappa shape index (κ3) is 5.06. The molecular formula is C16H24N4O2S. The SMILES string of the molecule is CCc1nc(CCNC(=O)NCc2cc(C(C)C)no2)sc1C. The van der Waals surface area contributed by atoms with E-state index in [0.29, 0.717) is 24.8 Å². The fraction of sp³-hybridized carbons (Fsp3) is 0.562. The number of aromatic nitrogens is 2. The van der Waals surface area contributed by atoms with Gasteiger partial charge in [0.05, 0.1) is 22.9 Å². The van der Waals surface area contributed by atoms with E-state index in [2.05, 4.69) is 34.6 Å². The number of nitrogens with one attached hydrogen (secondary N) is 2. The predicted octanol–water partition coefficient (Wildman–Crippen LogP) is 3.17. The van der Waals surface area contributed by atoms with Gasteiger partial charge in [-0.3, -0.25) is 0 Å². The molecule has 6 nitrogen and oxygen atoms in total. The van der Waals surface area contributed by atoms with E-state index in [1.165, 1.54) is 4.88 Å². The van der Waals surface area contributed by atoms with Crippen LogP contribution in [0.2, 0.25) is 0 Å². The van der Waals surface area contributed by atoms with Gasteiger partial charge in [0, 0.05) is 23.9 Å². The van der Waals surface area contributed by atoms with Gasteiger partial charge in [0.25, 0.3) is 0 Å². The topological polar surface area (TPSA) is 80.0 Å². The molecule has 2 aromatic heterocycles. The lowest BCUT2D eigenvalue weighted by molar-refractivity contribution is 0.239. The quantitative estimate of drug-likeness (QED) is 0.814. The summed E-state index contributed by atoms with van der Waals surface area (Å²) in [5, 5.41) is 10.6. The normalized spacial score (nSPS) is 11.0. The number of nitrogens with zero attached hydrogens (tertiary/aromatic N) is 2. The molecule has 0 radical (unpaired) electrons. The van der Waals surface area contributed by atoms with E-state index in [4.69, 9.17) is 4.52 Å². The summed E-state index contributed by atoms with van der Waals surface area (Å²) in [6.07, 6.45) is 1.70. The highest BCUT2D eigenvalue weighted by atomic mass is 32.1. The van der Waals surface area contributed by atoms with Crippen LogP contribution in [-0.2, 0) is 19.4 Å². The number of urea groups is 1. The molecule has 2 amide bonds. The number of carbonyl (C=O) groups is 1. The Morgan fingerprint density at radius 2 is 2.17 bits per heavy atom. The Bertz CT molecular complexity index is 648. The van der Waals surface area contributed by atoms with Gasteiger partial charge in [0.15, 0.2) is 5.76 Å². The first-order valence-electron chi connectivity index (χ1n) is 7.92. The summed E-state index contributed by atoms with van der Waals surface area (Å²) in [7, 11) is 0. The largest absolute Gasteiger partial charge is 0.359 e. The van der Waals surface area contributed by atoms with Crippen molar-refractivity contribution in [2.45, 2.75) is 53.0 Å². The van der Waals surface area contributed by atoms with E-state index in [-0.39, 0.29) is 6.03 Å². The molecule has 0 fully saturated rings. The number of hydrogen-bond donors (Lipinski definition) is 2. The monoisotopic (exact) mass is 336 g/mol. The molecule has 0 saturated heterocycles. The molecule has 7 heteroatoms. The molecule has 0 aliphatic heterocycles. The average molecular weight is 336 g/mol. The first-order chi connectivity index (χ1) is 11.0. The molecule has 0 aromatic carbocycles. The highest BCUT2D eigenvalue weighted by molar-refractivity contribution is 7.11. The van der Waals surface area contributed by atoms with Crippen molar-refractivity contribution >= 4 is 17.4 Å². The van der Waals surface area contributed by atoms with Gasteiger partial charge in [-0.2, -0.15) is 0 Å². The minimum absolute atomic E-state index is 0.212. The second-order valence-corrected chi connectivity index (χ2v) is 6.98. The van der Waals surface area contributed by atoms with E-state index in [0.717, 1.165) is 29.2 Å². The molecule has 126 valence electrons. The zero-order valence-corrected chi connectivity index (χ0v) is 14.9. The summed E-state index contributed by atoms with van der Waals surface area (Å²) >= 11 is 1.70. The van der Waals surface area contributed by atoms with Crippen LogP contribution >= 0.6 is 11.3 Å². The molecule has 0 aliphatic rings. The third-order valence-electron chi connectivity index (χ3n) is 3.49. The average Bonchev–Trinajstić information content (AvgIpc) is 3.11. The van der Waals surface area contributed by atoms with Crippen molar-refractivity contribution in [1.29, 1.82) is 0 Å². The fourth-order valence-corrected chi connectivity index (χ4v) is 3.14. The van der Waals surface area contributed by atoms with Crippen molar-refractivity contribution < 1.29 is 9.32 Å². The van der Waals surface area contributed by atoms with Gasteiger partial charge in [0.2, 0.25) is 0 Å². The van der Waals surface area contributed by atoms with Crippen LogP contribution in [0, 0.1) is 6.92 Å². The summed E-state index contributed by atoms with van der Waals surface area (Å²) in [5.74, 6) is 0.975. The molecule has 2 N–H and O–H groups in total. The number of hydrogen-bond acceptors (Lipinski definition) is 5. The Balaban J connectivity index is 1.70. The Hall–Kier alpha value is -1.89. The van der Waals surface area contributed by atoms with Crippen LogP contribution in [0.3, 0.4) is 0 Å². The van der Waals surface area contributed by atoms with Gasteiger partial charge >= 0.3 is 6.03 Å². The van der Waals surface area contributed by atoms with Crippen LogP contribution in [0.5, 0.6) is 0 Å². The van der Waals surface area contributed by atoms with Crippen molar-refractivity contribution in [3.05, 3.63) is 33.1 Å². The molecular weight excluding hydrogens is 312 g/mol. The number of aryl methyl sites for hydroxylation is 2. The highest BCUT2D eigenvalue weighted by Crippen LogP contribution is 2.18.